The van der Waals surface area contributed by atoms with Crippen molar-refractivity contribution in [2.75, 3.05) is 13.2 Å². The molecule has 0 spiro atoms. The van der Waals surface area contributed by atoms with Crippen LogP contribution in [-0.4, -0.2) is 40.0 Å². The highest BCUT2D eigenvalue weighted by Crippen LogP contribution is 2.29. The molecule has 1 N–H and O–H groups in total. The van der Waals surface area contributed by atoms with Crippen LogP contribution in [-0.2, 0) is 0 Å². The molecular formula is C14H18N2O4. The molecule has 6 heteroatoms. The predicted octanol–water partition coefficient (Wildman–Crippen LogP) is 1.89. The van der Waals surface area contributed by atoms with Gasteiger partial charge in [-0.15, -0.1) is 0 Å². The van der Waals surface area contributed by atoms with Crippen LogP contribution < -0.4 is 0 Å². The van der Waals surface area contributed by atoms with E-state index in [9.17, 15) is 14.9 Å². The van der Waals surface area contributed by atoms with Gasteiger partial charge < -0.3 is 10.0 Å². The first-order chi connectivity index (χ1) is 9.56. The molecule has 1 aliphatic carbocycles. The van der Waals surface area contributed by atoms with E-state index in [1.807, 2.05) is 0 Å². The minimum absolute atomic E-state index is 0.0924. The number of hydrogen-bond acceptors (Lipinski definition) is 4. The van der Waals surface area contributed by atoms with Gasteiger partial charge in [0.2, 0.25) is 0 Å². The summed E-state index contributed by atoms with van der Waals surface area (Å²) in [5.74, 6) is -0.362. The van der Waals surface area contributed by atoms with E-state index in [0.29, 0.717) is 5.56 Å². The monoisotopic (exact) mass is 278 g/mol. The first-order valence-electron chi connectivity index (χ1n) is 6.72. The second-order valence-electron chi connectivity index (χ2n) is 5.04. The molecule has 0 bridgehead atoms. The Morgan fingerprint density at radius 2 is 2.20 bits per heavy atom. The molecule has 0 aromatic heterocycles. The summed E-state index contributed by atoms with van der Waals surface area (Å²) >= 11 is 0. The largest absolute Gasteiger partial charge is 0.395 e. The summed E-state index contributed by atoms with van der Waals surface area (Å²) < 4.78 is 0. The molecule has 0 heterocycles. The third-order valence-electron chi connectivity index (χ3n) is 3.77. The second kappa shape index (κ2) is 6.00. The zero-order valence-electron chi connectivity index (χ0n) is 11.4. The van der Waals surface area contributed by atoms with Gasteiger partial charge >= 0.3 is 0 Å². The molecule has 1 saturated carbocycles. The van der Waals surface area contributed by atoms with Gasteiger partial charge in [-0.05, 0) is 32.3 Å². The maximum Gasteiger partial charge on any atom is 0.285 e. The lowest BCUT2D eigenvalue weighted by Crippen LogP contribution is -2.45. The van der Waals surface area contributed by atoms with E-state index in [1.54, 1.807) is 24.0 Å². The predicted molar refractivity (Wildman–Crippen MR) is 73.6 cm³/mol. The van der Waals surface area contributed by atoms with Crippen molar-refractivity contribution in [1.82, 2.24) is 4.90 Å². The van der Waals surface area contributed by atoms with Crippen molar-refractivity contribution < 1.29 is 14.8 Å². The van der Waals surface area contributed by atoms with Crippen LogP contribution >= 0.6 is 0 Å². The Morgan fingerprint density at radius 3 is 2.70 bits per heavy atom. The molecule has 1 amide bonds. The van der Waals surface area contributed by atoms with Gasteiger partial charge in [0, 0.05) is 18.2 Å². The number of amides is 1. The summed E-state index contributed by atoms with van der Waals surface area (Å²) in [5, 5.41) is 20.3. The van der Waals surface area contributed by atoms with E-state index in [-0.39, 0.29) is 36.4 Å². The zero-order valence-corrected chi connectivity index (χ0v) is 11.4. The van der Waals surface area contributed by atoms with Crippen LogP contribution in [0, 0.1) is 17.0 Å². The minimum Gasteiger partial charge on any atom is -0.395 e. The van der Waals surface area contributed by atoms with Gasteiger partial charge in [-0.1, -0.05) is 12.1 Å². The molecule has 6 nitrogen and oxygen atoms in total. The Hall–Kier alpha value is -1.95. The first-order valence-corrected chi connectivity index (χ1v) is 6.72. The van der Waals surface area contributed by atoms with Gasteiger partial charge in [0.1, 0.15) is 5.56 Å². The number of benzene rings is 1. The summed E-state index contributed by atoms with van der Waals surface area (Å²) in [5.41, 5.74) is 0.438. The summed E-state index contributed by atoms with van der Waals surface area (Å²) in [6.45, 7) is 1.70. The Bertz CT molecular complexity index is 526. The molecule has 0 saturated heterocycles. The Labute approximate surface area is 117 Å². The van der Waals surface area contributed by atoms with E-state index < -0.39 is 4.92 Å². The van der Waals surface area contributed by atoms with Crippen molar-refractivity contribution in [2.24, 2.45) is 0 Å². The lowest BCUT2D eigenvalue weighted by Gasteiger charge is -2.37. The van der Waals surface area contributed by atoms with Crippen LogP contribution in [0.15, 0.2) is 18.2 Å². The van der Waals surface area contributed by atoms with Gasteiger partial charge in [0.15, 0.2) is 0 Å². The molecular weight excluding hydrogens is 260 g/mol. The zero-order chi connectivity index (χ0) is 14.7. The van der Waals surface area contributed by atoms with E-state index in [2.05, 4.69) is 0 Å². The normalized spacial score (nSPS) is 14.7. The Balaban J connectivity index is 2.36. The van der Waals surface area contributed by atoms with Crippen LogP contribution in [0.5, 0.6) is 0 Å². The fourth-order valence-electron chi connectivity index (χ4n) is 2.48. The number of hydrogen-bond donors (Lipinski definition) is 1. The molecule has 20 heavy (non-hydrogen) atoms. The molecule has 0 aliphatic heterocycles. The molecule has 1 aromatic carbocycles. The summed E-state index contributed by atoms with van der Waals surface area (Å²) in [7, 11) is 0. The van der Waals surface area contributed by atoms with Crippen LogP contribution in [0.25, 0.3) is 0 Å². The maximum absolute atomic E-state index is 12.6. The molecule has 1 aromatic rings. The molecule has 1 fully saturated rings. The SMILES string of the molecule is Cc1cccc(C(=O)N(CCO)C2CCC2)c1[N+](=O)[O-]. The van der Waals surface area contributed by atoms with E-state index >= 15 is 0 Å². The minimum atomic E-state index is -0.513. The van der Waals surface area contributed by atoms with E-state index in [4.69, 9.17) is 5.11 Å². The van der Waals surface area contributed by atoms with Crippen molar-refractivity contribution in [3.63, 3.8) is 0 Å². The summed E-state index contributed by atoms with van der Waals surface area (Å²) in [4.78, 5) is 24.8. The van der Waals surface area contributed by atoms with Gasteiger partial charge in [-0.3, -0.25) is 14.9 Å². The number of aryl methyl sites for hydroxylation is 1. The topological polar surface area (TPSA) is 83.7 Å². The van der Waals surface area contributed by atoms with E-state index in [0.717, 1.165) is 19.3 Å². The Kier molecular flexibility index (Phi) is 4.34. The second-order valence-corrected chi connectivity index (χ2v) is 5.04. The number of para-hydroxylation sites is 1. The maximum atomic E-state index is 12.6. The van der Waals surface area contributed by atoms with Gasteiger partial charge in [-0.2, -0.15) is 0 Å². The number of rotatable bonds is 5. The Morgan fingerprint density at radius 1 is 1.50 bits per heavy atom. The fraction of sp³-hybridized carbons (Fsp3) is 0.500. The molecule has 0 unspecified atom stereocenters. The standard InChI is InChI=1S/C14H18N2O4/c1-10-4-2-7-12(13(10)16(19)20)14(18)15(8-9-17)11-5-3-6-11/h2,4,7,11,17H,3,5-6,8-9H2,1H3. The molecule has 0 radical (unpaired) electrons. The van der Waals surface area contributed by atoms with Gasteiger partial charge in [0.25, 0.3) is 11.6 Å². The number of aliphatic hydroxyl groups excluding tert-OH is 1. The summed E-state index contributed by atoms with van der Waals surface area (Å²) in [6, 6.07) is 4.84. The first kappa shape index (κ1) is 14.5. The van der Waals surface area contributed by atoms with Crippen molar-refractivity contribution in [1.29, 1.82) is 0 Å². The average Bonchev–Trinajstić information content (AvgIpc) is 2.34. The van der Waals surface area contributed by atoms with Crippen molar-refractivity contribution in [3.05, 3.63) is 39.4 Å². The van der Waals surface area contributed by atoms with Crippen LogP contribution in [0.1, 0.15) is 35.2 Å². The lowest BCUT2D eigenvalue weighted by atomic mass is 9.90. The van der Waals surface area contributed by atoms with E-state index in [1.165, 1.54) is 6.07 Å². The van der Waals surface area contributed by atoms with Crippen LogP contribution in [0.2, 0.25) is 0 Å². The lowest BCUT2D eigenvalue weighted by molar-refractivity contribution is -0.385. The van der Waals surface area contributed by atoms with Crippen LogP contribution in [0.4, 0.5) is 5.69 Å². The molecule has 0 atom stereocenters. The van der Waals surface area contributed by atoms with Gasteiger partial charge in [0.05, 0.1) is 11.5 Å². The van der Waals surface area contributed by atoms with Crippen LogP contribution in [0.3, 0.4) is 0 Å². The number of nitro groups is 1. The van der Waals surface area contributed by atoms with Crippen molar-refractivity contribution in [2.45, 2.75) is 32.2 Å². The van der Waals surface area contributed by atoms with Crippen molar-refractivity contribution in [3.8, 4) is 0 Å². The average molecular weight is 278 g/mol. The van der Waals surface area contributed by atoms with Crippen molar-refractivity contribution >= 4 is 11.6 Å². The highest BCUT2D eigenvalue weighted by atomic mass is 16.6. The number of nitrogens with zero attached hydrogens (tertiary/aromatic N) is 2. The number of carbonyl (C=O) groups is 1. The number of nitro benzene ring substituents is 1. The molecule has 1 aliphatic rings. The molecule has 2 rings (SSSR count). The summed E-state index contributed by atoms with van der Waals surface area (Å²) in [6.07, 6.45) is 2.84. The number of aliphatic hydroxyl groups is 1. The third-order valence-corrected chi connectivity index (χ3v) is 3.77. The van der Waals surface area contributed by atoms with Gasteiger partial charge in [-0.25, -0.2) is 0 Å². The quantitative estimate of drug-likeness (QED) is 0.658. The fourth-order valence-corrected chi connectivity index (χ4v) is 2.48. The third kappa shape index (κ3) is 2.65. The highest BCUT2D eigenvalue weighted by Gasteiger charge is 2.32. The smallest absolute Gasteiger partial charge is 0.285 e. The number of carbonyl (C=O) groups excluding carboxylic acids is 1. The highest BCUT2D eigenvalue weighted by molar-refractivity contribution is 5.98. The molecule has 108 valence electrons.